The maximum absolute atomic E-state index is 13.7. The number of benzene rings is 1. The predicted molar refractivity (Wildman–Crippen MR) is 122 cm³/mol. The molecular formula is C25H20FN3OS. The molecule has 154 valence electrons. The Balaban J connectivity index is 1.51. The van der Waals surface area contributed by atoms with Crippen molar-refractivity contribution in [3.63, 3.8) is 0 Å². The van der Waals surface area contributed by atoms with Crippen molar-refractivity contribution in [2.45, 2.75) is 20.3 Å². The van der Waals surface area contributed by atoms with Crippen LogP contribution in [-0.4, -0.2) is 20.7 Å². The fourth-order valence-corrected chi connectivity index (χ4v) is 4.03. The van der Waals surface area contributed by atoms with Gasteiger partial charge in [0.15, 0.2) is 5.78 Å². The number of halogens is 1. The molecule has 0 fully saturated rings. The number of pyridine rings is 2. The summed E-state index contributed by atoms with van der Waals surface area (Å²) in [5.74, 6) is -0.679. The molecule has 0 unspecified atom stereocenters. The first kappa shape index (κ1) is 20.8. The van der Waals surface area contributed by atoms with Crippen LogP contribution in [0.25, 0.3) is 16.1 Å². The van der Waals surface area contributed by atoms with Crippen LogP contribution in [-0.2, 0) is 6.42 Å². The molecule has 4 aromatic rings. The number of nitrogens with zero attached hydrogens (tertiary/aromatic N) is 3. The Labute approximate surface area is 184 Å². The van der Waals surface area contributed by atoms with Gasteiger partial charge in [-0.3, -0.25) is 14.8 Å². The monoisotopic (exact) mass is 429 g/mol. The minimum atomic E-state index is -0.479. The van der Waals surface area contributed by atoms with Crippen molar-refractivity contribution < 1.29 is 9.18 Å². The van der Waals surface area contributed by atoms with Crippen LogP contribution in [0.2, 0.25) is 0 Å². The second kappa shape index (κ2) is 9.10. The Morgan fingerprint density at radius 2 is 1.81 bits per heavy atom. The lowest BCUT2D eigenvalue weighted by molar-refractivity contribution is 0.0990. The number of ketones is 1. The third kappa shape index (κ3) is 4.49. The fraction of sp³-hybridized carbons (Fsp3) is 0.120. The molecule has 0 amide bonds. The SMILES string of the molecule is C/C=C(/c1ccc(-c2nccs2)cc1)c1ccc(CC(=O)c2cncc(F)c2C)nc1. The van der Waals surface area contributed by atoms with E-state index in [4.69, 9.17) is 0 Å². The molecule has 0 aliphatic carbocycles. The molecule has 4 rings (SSSR count). The fourth-order valence-electron chi connectivity index (χ4n) is 3.39. The summed E-state index contributed by atoms with van der Waals surface area (Å²) >= 11 is 1.61. The van der Waals surface area contributed by atoms with Crippen molar-refractivity contribution >= 4 is 22.7 Å². The van der Waals surface area contributed by atoms with Crippen molar-refractivity contribution in [3.8, 4) is 10.6 Å². The molecule has 0 atom stereocenters. The quantitative estimate of drug-likeness (QED) is 0.357. The van der Waals surface area contributed by atoms with E-state index in [1.165, 1.54) is 6.20 Å². The van der Waals surface area contributed by atoms with E-state index in [0.717, 1.165) is 33.5 Å². The van der Waals surface area contributed by atoms with Crippen LogP contribution < -0.4 is 0 Å². The van der Waals surface area contributed by atoms with E-state index < -0.39 is 5.82 Å². The maximum atomic E-state index is 13.7. The summed E-state index contributed by atoms with van der Waals surface area (Å²) in [6.45, 7) is 3.57. The van der Waals surface area contributed by atoms with Gasteiger partial charge in [0.2, 0.25) is 0 Å². The molecule has 4 nitrogen and oxygen atoms in total. The van der Waals surface area contributed by atoms with E-state index in [2.05, 4.69) is 39.2 Å². The second-order valence-corrected chi connectivity index (χ2v) is 7.94. The number of thiazole rings is 1. The van der Waals surface area contributed by atoms with Gasteiger partial charge in [-0.15, -0.1) is 11.3 Å². The van der Waals surface area contributed by atoms with Crippen molar-refractivity contribution in [2.75, 3.05) is 0 Å². The Morgan fingerprint density at radius 3 is 2.45 bits per heavy atom. The minimum absolute atomic E-state index is 0.0972. The topological polar surface area (TPSA) is 55.7 Å². The molecule has 3 heterocycles. The van der Waals surface area contributed by atoms with Gasteiger partial charge in [-0.25, -0.2) is 9.37 Å². The number of hydrogen-bond acceptors (Lipinski definition) is 5. The molecule has 0 bridgehead atoms. The molecule has 0 N–H and O–H groups in total. The molecule has 0 aliphatic rings. The summed E-state index contributed by atoms with van der Waals surface area (Å²) in [7, 11) is 0. The number of Topliss-reactive ketones (excluding diaryl/α,β-unsaturated/α-hetero) is 1. The highest BCUT2D eigenvalue weighted by Crippen LogP contribution is 2.27. The van der Waals surface area contributed by atoms with Gasteiger partial charge in [-0.05, 0) is 36.6 Å². The van der Waals surface area contributed by atoms with Gasteiger partial charge in [-0.1, -0.05) is 36.4 Å². The molecule has 0 spiro atoms. The average Bonchev–Trinajstić information content (AvgIpc) is 3.33. The number of carbonyl (C=O) groups is 1. The third-order valence-electron chi connectivity index (χ3n) is 5.10. The Hall–Kier alpha value is -3.51. The molecule has 31 heavy (non-hydrogen) atoms. The zero-order chi connectivity index (χ0) is 21.8. The number of carbonyl (C=O) groups excluding carboxylic acids is 1. The van der Waals surface area contributed by atoms with E-state index in [1.807, 2.05) is 30.5 Å². The summed E-state index contributed by atoms with van der Waals surface area (Å²) in [6, 6.07) is 12.1. The minimum Gasteiger partial charge on any atom is -0.294 e. The molecule has 0 saturated heterocycles. The lowest BCUT2D eigenvalue weighted by Crippen LogP contribution is -2.09. The van der Waals surface area contributed by atoms with Gasteiger partial charge in [0.25, 0.3) is 0 Å². The van der Waals surface area contributed by atoms with Gasteiger partial charge in [0.05, 0.1) is 12.6 Å². The van der Waals surface area contributed by atoms with Gasteiger partial charge >= 0.3 is 0 Å². The molecule has 1 aromatic carbocycles. The van der Waals surface area contributed by atoms with Gasteiger partial charge < -0.3 is 0 Å². The van der Waals surface area contributed by atoms with Crippen LogP contribution in [0.4, 0.5) is 4.39 Å². The predicted octanol–water partition coefficient (Wildman–Crippen LogP) is 5.92. The second-order valence-electron chi connectivity index (χ2n) is 7.05. The summed E-state index contributed by atoms with van der Waals surface area (Å²) in [6.07, 6.45) is 8.23. The molecule has 3 aromatic heterocycles. The van der Waals surface area contributed by atoms with E-state index >= 15 is 0 Å². The van der Waals surface area contributed by atoms with Crippen molar-refractivity contribution in [3.05, 3.63) is 106 Å². The Kier molecular flexibility index (Phi) is 6.09. The zero-order valence-electron chi connectivity index (χ0n) is 17.2. The van der Waals surface area contributed by atoms with Crippen molar-refractivity contribution in [1.82, 2.24) is 15.0 Å². The lowest BCUT2D eigenvalue weighted by atomic mass is 9.97. The van der Waals surface area contributed by atoms with Gasteiger partial charge in [-0.2, -0.15) is 0 Å². The van der Waals surface area contributed by atoms with Crippen LogP contribution in [0.15, 0.2) is 72.6 Å². The van der Waals surface area contributed by atoms with Crippen molar-refractivity contribution in [2.24, 2.45) is 0 Å². The highest BCUT2D eigenvalue weighted by Gasteiger charge is 2.14. The number of aromatic nitrogens is 3. The lowest BCUT2D eigenvalue weighted by Gasteiger charge is -2.10. The van der Waals surface area contributed by atoms with E-state index in [9.17, 15) is 9.18 Å². The Morgan fingerprint density at radius 1 is 1.03 bits per heavy atom. The normalized spacial score (nSPS) is 11.5. The summed E-state index contributed by atoms with van der Waals surface area (Å²) < 4.78 is 13.7. The van der Waals surface area contributed by atoms with E-state index in [-0.39, 0.29) is 12.2 Å². The smallest absolute Gasteiger partial charge is 0.170 e. The summed E-state index contributed by atoms with van der Waals surface area (Å²) in [5.41, 5.74) is 5.42. The summed E-state index contributed by atoms with van der Waals surface area (Å²) in [4.78, 5) is 25.1. The van der Waals surface area contributed by atoms with E-state index in [1.54, 1.807) is 30.7 Å². The maximum Gasteiger partial charge on any atom is 0.170 e. The zero-order valence-corrected chi connectivity index (χ0v) is 18.0. The largest absolute Gasteiger partial charge is 0.294 e. The van der Waals surface area contributed by atoms with Crippen LogP contribution >= 0.6 is 11.3 Å². The highest BCUT2D eigenvalue weighted by molar-refractivity contribution is 7.13. The first-order chi connectivity index (χ1) is 15.1. The molecular weight excluding hydrogens is 409 g/mol. The van der Waals surface area contributed by atoms with Crippen molar-refractivity contribution in [1.29, 1.82) is 0 Å². The van der Waals surface area contributed by atoms with Gasteiger partial charge in [0, 0.05) is 46.4 Å². The van der Waals surface area contributed by atoms with Crippen LogP contribution in [0.5, 0.6) is 0 Å². The third-order valence-corrected chi connectivity index (χ3v) is 5.92. The average molecular weight is 430 g/mol. The van der Waals surface area contributed by atoms with Crippen LogP contribution in [0, 0.1) is 12.7 Å². The summed E-state index contributed by atoms with van der Waals surface area (Å²) in [5, 5.41) is 2.96. The molecule has 0 radical (unpaired) electrons. The first-order valence-corrected chi connectivity index (χ1v) is 10.7. The highest BCUT2D eigenvalue weighted by atomic mass is 32.1. The number of hydrogen-bond donors (Lipinski definition) is 0. The number of rotatable bonds is 6. The van der Waals surface area contributed by atoms with Crippen LogP contribution in [0.1, 0.15) is 39.7 Å². The molecule has 6 heteroatoms. The van der Waals surface area contributed by atoms with E-state index in [0.29, 0.717) is 16.8 Å². The molecule has 0 aliphatic heterocycles. The van der Waals surface area contributed by atoms with Crippen LogP contribution in [0.3, 0.4) is 0 Å². The van der Waals surface area contributed by atoms with Gasteiger partial charge in [0.1, 0.15) is 10.8 Å². The molecule has 0 saturated carbocycles. The standard InChI is InChI=1S/C25H20FN3OS/c1-3-21(17-4-6-18(7-5-17)25-28-10-11-31-25)19-8-9-20(29-13-19)12-24(30)22-14-27-15-23(26)16(22)2/h3-11,13-15H,12H2,1-2H3/b21-3-. The Bertz CT molecular complexity index is 1230. The first-order valence-electron chi connectivity index (χ1n) is 9.82. The number of allylic oxidation sites excluding steroid dienone is 1.